The van der Waals surface area contributed by atoms with E-state index >= 15 is 0 Å². The summed E-state index contributed by atoms with van der Waals surface area (Å²) in [5, 5.41) is -0.619. The molecule has 0 bridgehead atoms. The molecule has 0 heterocycles. The van der Waals surface area contributed by atoms with Gasteiger partial charge in [-0.25, -0.2) is 8.42 Å². The third-order valence-electron chi connectivity index (χ3n) is 3.17. The molecule has 1 unspecified atom stereocenters. The van der Waals surface area contributed by atoms with Crippen LogP contribution in [0.15, 0.2) is 24.3 Å². The highest BCUT2D eigenvalue weighted by Crippen LogP contribution is 2.22. The van der Waals surface area contributed by atoms with E-state index in [2.05, 4.69) is 4.72 Å². The summed E-state index contributed by atoms with van der Waals surface area (Å²) in [7, 11) is -1.95. The molecule has 0 aliphatic heterocycles. The maximum absolute atomic E-state index is 11.8. The fourth-order valence-electron chi connectivity index (χ4n) is 1.95. The van der Waals surface area contributed by atoms with Crippen molar-refractivity contribution in [3.63, 3.8) is 0 Å². The number of nitrogens with one attached hydrogen (secondary N) is 1. The summed E-state index contributed by atoms with van der Waals surface area (Å²) < 4.78 is 30.6. The van der Waals surface area contributed by atoms with Crippen molar-refractivity contribution >= 4 is 15.9 Å². The Kier molecular flexibility index (Phi) is 6.20. The van der Waals surface area contributed by atoms with E-state index in [4.69, 9.17) is 4.74 Å². The number of carbonyl (C=O) groups excluding carboxylic acids is 1. The van der Waals surface area contributed by atoms with Crippen LogP contribution in [-0.2, 0) is 21.2 Å². The van der Waals surface area contributed by atoms with Crippen molar-refractivity contribution in [3.8, 4) is 5.75 Å². The first-order valence-electron chi connectivity index (χ1n) is 6.92. The average molecular weight is 313 g/mol. The molecule has 1 aromatic carbocycles. The summed E-state index contributed by atoms with van der Waals surface area (Å²) in [6.45, 7) is 4.98. The number of ether oxygens (including phenoxy) is 1. The van der Waals surface area contributed by atoms with E-state index in [0.29, 0.717) is 6.42 Å². The number of methoxy groups -OCH3 is 1. The van der Waals surface area contributed by atoms with Gasteiger partial charge in [-0.3, -0.25) is 9.52 Å². The van der Waals surface area contributed by atoms with Crippen molar-refractivity contribution in [1.82, 2.24) is 4.72 Å². The van der Waals surface area contributed by atoms with Crippen LogP contribution >= 0.6 is 0 Å². The number of rotatable bonds is 7. The standard InChI is InChI=1S/C15H23NO4S/c1-11(2)21(18,19)16-15(17)10-12(3)9-13-7-5-6-8-14(13)20-4/h5-8,11-12H,9-10H2,1-4H3,(H,16,17). The Hall–Kier alpha value is -1.56. The molecule has 1 aromatic rings. The van der Waals surface area contributed by atoms with Crippen LogP contribution in [-0.4, -0.2) is 26.7 Å². The van der Waals surface area contributed by atoms with Gasteiger partial charge < -0.3 is 4.74 Å². The maximum Gasteiger partial charge on any atom is 0.237 e. The predicted molar refractivity (Wildman–Crippen MR) is 82.7 cm³/mol. The lowest BCUT2D eigenvalue weighted by molar-refractivity contribution is -0.120. The van der Waals surface area contributed by atoms with Crippen LogP contribution in [0.25, 0.3) is 0 Å². The fraction of sp³-hybridized carbons (Fsp3) is 0.533. The molecule has 0 saturated carbocycles. The lowest BCUT2D eigenvalue weighted by atomic mass is 9.97. The molecule has 0 radical (unpaired) electrons. The van der Waals surface area contributed by atoms with Crippen LogP contribution in [0.2, 0.25) is 0 Å². The summed E-state index contributed by atoms with van der Waals surface area (Å²) in [5.41, 5.74) is 1.01. The van der Waals surface area contributed by atoms with E-state index < -0.39 is 21.2 Å². The quantitative estimate of drug-likeness (QED) is 0.837. The van der Waals surface area contributed by atoms with Crippen molar-refractivity contribution in [2.45, 2.75) is 38.9 Å². The lowest BCUT2D eigenvalue weighted by Crippen LogP contribution is -2.36. The molecule has 0 fully saturated rings. The largest absolute Gasteiger partial charge is 0.496 e. The van der Waals surface area contributed by atoms with Gasteiger partial charge in [-0.05, 0) is 37.8 Å². The number of hydrogen-bond acceptors (Lipinski definition) is 4. The monoisotopic (exact) mass is 313 g/mol. The van der Waals surface area contributed by atoms with Gasteiger partial charge in [-0.15, -0.1) is 0 Å². The molecule has 0 aliphatic carbocycles. The molecular formula is C15H23NO4S. The molecule has 0 saturated heterocycles. The minimum atomic E-state index is -3.55. The van der Waals surface area contributed by atoms with E-state index in [0.717, 1.165) is 11.3 Å². The topological polar surface area (TPSA) is 72.5 Å². The second-order valence-electron chi connectivity index (χ2n) is 5.44. The molecule has 0 aliphatic rings. The zero-order valence-electron chi connectivity index (χ0n) is 12.9. The summed E-state index contributed by atoms with van der Waals surface area (Å²) in [6, 6.07) is 7.60. The number of amides is 1. The highest BCUT2D eigenvalue weighted by molar-refractivity contribution is 7.90. The van der Waals surface area contributed by atoms with E-state index in [-0.39, 0.29) is 12.3 Å². The van der Waals surface area contributed by atoms with E-state index in [1.54, 1.807) is 7.11 Å². The first-order valence-corrected chi connectivity index (χ1v) is 8.47. The first kappa shape index (κ1) is 17.5. The molecule has 1 atom stereocenters. The Morgan fingerprint density at radius 1 is 1.24 bits per heavy atom. The fourth-order valence-corrected chi connectivity index (χ4v) is 2.59. The molecule has 1 rings (SSSR count). The predicted octanol–water partition coefficient (Wildman–Crippen LogP) is 2.12. The number of para-hydroxylation sites is 1. The zero-order valence-corrected chi connectivity index (χ0v) is 13.7. The van der Waals surface area contributed by atoms with E-state index in [1.807, 2.05) is 31.2 Å². The van der Waals surface area contributed by atoms with Crippen molar-refractivity contribution in [1.29, 1.82) is 0 Å². The Morgan fingerprint density at radius 2 is 1.86 bits per heavy atom. The second-order valence-corrected chi connectivity index (χ2v) is 7.68. The molecule has 6 heteroatoms. The number of sulfonamides is 1. The molecule has 0 spiro atoms. The SMILES string of the molecule is COc1ccccc1CC(C)CC(=O)NS(=O)(=O)C(C)C. The van der Waals surface area contributed by atoms with Crippen LogP contribution < -0.4 is 9.46 Å². The second kappa shape index (κ2) is 7.45. The van der Waals surface area contributed by atoms with E-state index in [1.165, 1.54) is 13.8 Å². The molecule has 21 heavy (non-hydrogen) atoms. The van der Waals surface area contributed by atoms with Crippen molar-refractivity contribution < 1.29 is 17.9 Å². The average Bonchev–Trinajstić information content (AvgIpc) is 2.38. The highest BCUT2D eigenvalue weighted by atomic mass is 32.2. The van der Waals surface area contributed by atoms with Crippen LogP contribution in [0.4, 0.5) is 0 Å². The van der Waals surface area contributed by atoms with Crippen LogP contribution in [0.1, 0.15) is 32.8 Å². The van der Waals surface area contributed by atoms with Gasteiger partial charge in [0.1, 0.15) is 5.75 Å². The summed E-state index contributed by atoms with van der Waals surface area (Å²) in [5.74, 6) is 0.328. The van der Waals surface area contributed by atoms with Gasteiger partial charge in [-0.2, -0.15) is 0 Å². The Balaban J connectivity index is 2.62. The van der Waals surface area contributed by atoms with Crippen LogP contribution in [0.3, 0.4) is 0 Å². The van der Waals surface area contributed by atoms with Crippen molar-refractivity contribution in [2.24, 2.45) is 5.92 Å². The highest BCUT2D eigenvalue weighted by Gasteiger charge is 2.20. The third kappa shape index (κ3) is 5.38. The molecule has 118 valence electrons. The zero-order chi connectivity index (χ0) is 16.0. The summed E-state index contributed by atoms with van der Waals surface area (Å²) >= 11 is 0. The number of carbonyl (C=O) groups is 1. The normalized spacial score (nSPS) is 13.0. The third-order valence-corrected chi connectivity index (χ3v) is 4.92. The first-order chi connectivity index (χ1) is 9.76. The molecule has 1 amide bonds. The van der Waals surface area contributed by atoms with Gasteiger partial charge in [0.2, 0.25) is 15.9 Å². The molecular weight excluding hydrogens is 290 g/mol. The van der Waals surface area contributed by atoms with Gasteiger partial charge in [0, 0.05) is 6.42 Å². The van der Waals surface area contributed by atoms with Gasteiger partial charge in [0.05, 0.1) is 12.4 Å². The van der Waals surface area contributed by atoms with Crippen molar-refractivity contribution in [2.75, 3.05) is 7.11 Å². The smallest absolute Gasteiger partial charge is 0.237 e. The summed E-state index contributed by atoms with van der Waals surface area (Å²) in [6.07, 6.45) is 0.809. The van der Waals surface area contributed by atoms with Gasteiger partial charge in [0.15, 0.2) is 0 Å². The molecule has 5 nitrogen and oxygen atoms in total. The van der Waals surface area contributed by atoms with Gasteiger partial charge >= 0.3 is 0 Å². The Morgan fingerprint density at radius 3 is 2.43 bits per heavy atom. The Bertz CT molecular complexity index is 581. The number of benzene rings is 1. The van der Waals surface area contributed by atoms with Gasteiger partial charge in [0.25, 0.3) is 0 Å². The van der Waals surface area contributed by atoms with Crippen LogP contribution in [0, 0.1) is 5.92 Å². The summed E-state index contributed by atoms with van der Waals surface area (Å²) in [4.78, 5) is 11.8. The van der Waals surface area contributed by atoms with E-state index in [9.17, 15) is 13.2 Å². The minimum absolute atomic E-state index is 0.0173. The maximum atomic E-state index is 11.8. The van der Waals surface area contributed by atoms with Gasteiger partial charge in [-0.1, -0.05) is 25.1 Å². The number of hydrogen-bond donors (Lipinski definition) is 1. The Labute approximate surface area is 126 Å². The molecule has 0 aromatic heterocycles. The van der Waals surface area contributed by atoms with Crippen LogP contribution in [0.5, 0.6) is 5.75 Å². The van der Waals surface area contributed by atoms with Crippen molar-refractivity contribution in [3.05, 3.63) is 29.8 Å². The molecule has 1 N–H and O–H groups in total. The lowest BCUT2D eigenvalue weighted by Gasteiger charge is -2.15. The minimum Gasteiger partial charge on any atom is -0.496 e.